The highest BCUT2D eigenvalue weighted by Gasteiger charge is 2.36. The smallest absolute Gasteiger partial charge is 0.274 e. The van der Waals surface area contributed by atoms with Gasteiger partial charge in [-0.2, -0.15) is 0 Å². The number of fused-ring (bicyclic) bond motifs is 1. The van der Waals surface area contributed by atoms with Gasteiger partial charge in [0.15, 0.2) is 0 Å². The third kappa shape index (κ3) is 1.84. The minimum absolute atomic E-state index is 0.116. The van der Waals surface area contributed by atoms with Crippen LogP contribution in [0.4, 0.5) is 11.5 Å². The molecule has 6 nitrogen and oxygen atoms in total. The van der Waals surface area contributed by atoms with Gasteiger partial charge < -0.3 is 10.2 Å². The molecule has 0 radical (unpaired) electrons. The fourth-order valence-electron chi connectivity index (χ4n) is 2.74. The minimum atomic E-state index is -0.371. The van der Waals surface area contributed by atoms with Gasteiger partial charge in [0.05, 0.1) is 11.0 Å². The van der Waals surface area contributed by atoms with Gasteiger partial charge in [-0.1, -0.05) is 0 Å². The SMILES string of the molecule is O=[N+]([O-])c1ccnc(N2CC3CNCC3C2)c1. The van der Waals surface area contributed by atoms with E-state index in [0.717, 1.165) is 32.0 Å². The first-order valence-electron chi connectivity index (χ1n) is 5.80. The van der Waals surface area contributed by atoms with Crippen molar-refractivity contribution in [1.82, 2.24) is 10.3 Å². The summed E-state index contributed by atoms with van der Waals surface area (Å²) in [6, 6.07) is 3.00. The lowest BCUT2D eigenvalue weighted by atomic mass is 10.0. The van der Waals surface area contributed by atoms with E-state index in [-0.39, 0.29) is 10.6 Å². The molecule has 2 atom stereocenters. The van der Waals surface area contributed by atoms with Crippen LogP contribution in [0.5, 0.6) is 0 Å². The highest BCUT2D eigenvalue weighted by molar-refractivity contribution is 5.47. The number of hydrogen-bond donors (Lipinski definition) is 1. The molecule has 2 unspecified atom stereocenters. The molecule has 0 bridgehead atoms. The first-order chi connectivity index (χ1) is 8.24. The summed E-state index contributed by atoms with van der Waals surface area (Å²) < 4.78 is 0. The van der Waals surface area contributed by atoms with E-state index in [1.54, 1.807) is 6.07 Å². The van der Waals surface area contributed by atoms with Gasteiger partial charge in [0.1, 0.15) is 5.82 Å². The molecule has 2 aliphatic rings. The van der Waals surface area contributed by atoms with E-state index in [0.29, 0.717) is 11.8 Å². The molecule has 0 saturated carbocycles. The summed E-state index contributed by atoms with van der Waals surface area (Å²) in [5.41, 5.74) is 0.116. The second kappa shape index (κ2) is 3.96. The molecule has 0 spiro atoms. The Labute approximate surface area is 98.8 Å². The Kier molecular flexibility index (Phi) is 2.44. The monoisotopic (exact) mass is 234 g/mol. The van der Waals surface area contributed by atoms with Crippen molar-refractivity contribution in [2.45, 2.75) is 0 Å². The second-order valence-corrected chi connectivity index (χ2v) is 4.71. The van der Waals surface area contributed by atoms with Gasteiger partial charge in [-0.3, -0.25) is 10.1 Å². The van der Waals surface area contributed by atoms with Crippen LogP contribution in [0.15, 0.2) is 18.3 Å². The fourth-order valence-corrected chi connectivity index (χ4v) is 2.74. The van der Waals surface area contributed by atoms with Crippen LogP contribution in [0.2, 0.25) is 0 Å². The molecule has 2 fully saturated rings. The predicted molar refractivity (Wildman–Crippen MR) is 63.0 cm³/mol. The molecular formula is C11H14N4O2. The van der Waals surface area contributed by atoms with Gasteiger partial charge >= 0.3 is 0 Å². The third-order valence-electron chi connectivity index (χ3n) is 3.65. The summed E-state index contributed by atoms with van der Waals surface area (Å²) in [5.74, 6) is 2.06. The number of nitrogens with zero attached hydrogens (tertiary/aromatic N) is 3. The van der Waals surface area contributed by atoms with E-state index in [2.05, 4.69) is 15.2 Å². The van der Waals surface area contributed by atoms with Crippen LogP contribution in [0.3, 0.4) is 0 Å². The zero-order chi connectivity index (χ0) is 11.8. The minimum Gasteiger partial charge on any atom is -0.356 e. The van der Waals surface area contributed by atoms with Gasteiger partial charge in [-0.25, -0.2) is 4.98 Å². The van der Waals surface area contributed by atoms with Gasteiger partial charge in [0.25, 0.3) is 5.69 Å². The molecule has 17 heavy (non-hydrogen) atoms. The first-order valence-corrected chi connectivity index (χ1v) is 5.80. The zero-order valence-corrected chi connectivity index (χ0v) is 9.37. The van der Waals surface area contributed by atoms with Crippen molar-refractivity contribution < 1.29 is 4.92 Å². The molecule has 1 N–H and O–H groups in total. The number of nitro groups is 1. The lowest BCUT2D eigenvalue weighted by Gasteiger charge is -2.17. The molecular weight excluding hydrogens is 220 g/mol. The maximum Gasteiger partial charge on any atom is 0.274 e. The standard InChI is InChI=1S/C11H14N4O2/c16-15(17)10-1-2-13-11(3-10)14-6-8-4-12-5-9(8)7-14/h1-3,8-9,12H,4-7H2. The van der Waals surface area contributed by atoms with Gasteiger partial charge in [0, 0.05) is 38.4 Å². The molecule has 6 heteroatoms. The average Bonchev–Trinajstić information content (AvgIpc) is 2.89. The van der Waals surface area contributed by atoms with Gasteiger partial charge in [0.2, 0.25) is 0 Å². The summed E-state index contributed by atoms with van der Waals surface area (Å²) in [6.07, 6.45) is 1.51. The van der Waals surface area contributed by atoms with Crippen molar-refractivity contribution >= 4 is 11.5 Å². The fraction of sp³-hybridized carbons (Fsp3) is 0.545. The van der Waals surface area contributed by atoms with E-state index in [1.165, 1.54) is 12.3 Å². The maximum atomic E-state index is 10.7. The Hall–Kier alpha value is -1.69. The number of anilines is 1. The number of hydrogen-bond acceptors (Lipinski definition) is 5. The van der Waals surface area contributed by atoms with Crippen molar-refractivity contribution in [3.05, 3.63) is 28.4 Å². The van der Waals surface area contributed by atoms with Crippen molar-refractivity contribution in [3.63, 3.8) is 0 Å². The lowest BCUT2D eigenvalue weighted by molar-refractivity contribution is -0.384. The lowest BCUT2D eigenvalue weighted by Crippen LogP contribution is -2.26. The Morgan fingerprint density at radius 3 is 2.76 bits per heavy atom. The predicted octanol–water partition coefficient (Wildman–Crippen LogP) is 0.645. The quantitative estimate of drug-likeness (QED) is 0.600. The van der Waals surface area contributed by atoms with Crippen molar-refractivity contribution in [2.75, 3.05) is 31.1 Å². The summed E-state index contributed by atoms with van der Waals surface area (Å²) in [4.78, 5) is 16.7. The van der Waals surface area contributed by atoms with Crippen molar-refractivity contribution in [1.29, 1.82) is 0 Å². The van der Waals surface area contributed by atoms with Gasteiger partial charge in [-0.15, -0.1) is 0 Å². The van der Waals surface area contributed by atoms with Gasteiger partial charge in [-0.05, 0) is 11.8 Å². The zero-order valence-electron chi connectivity index (χ0n) is 9.37. The van der Waals surface area contributed by atoms with E-state index >= 15 is 0 Å². The van der Waals surface area contributed by atoms with Crippen LogP contribution in [0.25, 0.3) is 0 Å². The third-order valence-corrected chi connectivity index (χ3v) is 3.65. The van der Waals surface area contributed by atoms with Crippen LogP contribution >= 0.6 is 0 Å². The van der Waals surface area contributed by atoms with E-state index in [4.69, 9.17) is 0 Å². The van der Waals surface area contributed by atoms with E-state index in [9.17, 15) is 10.1 Å². The molecule has 0 aliphatic carbocycles. The summed E-state index contributed by atoms with van der Waals surface area (Å²) in [5, 5.41) is 14.1. The van der Waals surface area contributed by atoms with Crippen LogP contribution < -0.4 is 10.2 Å². The average molecular weight is 234 g/mol. The van der Waals surface area contributed by atoms with E-state index < -0.39 is 0 Å². The Balaban J connectivity index is 1.81. The summed E-state index contributed by atoms with van der Waals surface area (Å²) in [7, 11) is 0. The molecule has 2 aliphatic heterocycles. The number of aromatic nitrogens is 1. The maximum absolute atomic E-state index is 10.7. The number of rotatable bonds is 2. The van der Waals surface area contributed by atoms with Crippen LogP contribution in [0.1, 0.15) is 0 Å². The number of pyridine rings is 1. The molecule has 2 saturated heterocycles. The summed E-state index contributed by atoms with van der Waals surface area (Å²) in [6.45, 7) is 4.00. The van der Waals surface area contributed by atoms with Crippen molar-refractivity contribution in [2.24, 2.45) is 11.8 Å². The largest absolute Gasteiger partial charge is 0.356 e. The van der Waals surface area contributed by atoms with Crippen molar-refractivity contribution in [3.8, 4) is 0 Å². The molecule has 0 amide bonds. The second-order valence-electron chi connectivity index (χ2n) is 4.71. The van der Waals surface area contributed by atoms with Crippen LogP contribution in [-0.4, -0.2) is 36.1 Å². The Bertz CT molecular complexity index is 439. The topological polar surface area (TPSA) is 71.3 Å². The molecule has 1 aromatic heterocycles. The molecule has 1 aromatic rings. The van der Waals surface area contributed by atoms with E-state index in [1.807, 2.05) is 0 Å². The molecule has 0 aromatic carbocycles. The first kappa shape index (κ1) is 10.5. The highest BCUT2D eigenvalue weighted by Crippen LogP contribution is 2.30. The van der Waals surface area contributed by atoms with Crippen LogP contribution in [-0.2, 0) is 0 Å². The molecule has 3 heterocycles. The molecule has 3 rings (SSSR count). The summed E-state index contributed by atoms with van der Waals surface area (Å²) >= 11 is 0. The Morgan fingerprint density at radius 2 is 2.12 bits per heavy atom. The van der Waals surface area contributed by atoms with Crippen LogP contribution in [0, 0.1) is 22.0 Å². The normalized spacial score (nSPS) is 27.2. The Morgan fingerprint density at radius 1 is 1.41 bits per heavy atom. The number of nitrogens with one attached hydrogen (secondary N) is 1. The molecule has 90 valence electrons. The highest BCUT2D eigenvalue weighted by atomic mass is 16.6.